The molecule has 0 radical (unpaired) electrons. The van der Waals surface area contributed by atoms with E-state index in [1.54, 1.807) is 11.3 Å². The van der Waals surface area contributed by atoms with Crippen molar-refractivity contribution in [3.05, 3.63) is 17.0 Å². The average molecular weight is 237 g/mol. The van der Waals surface area contributed by atoms with Gasteiger partial charge in [0.25, 0.3) is 0 Å². The Morgan fingerprint density at radius 2 is 2.19 bits per heavy atom. The molecule has 2 rings (SSSR count). The van der Waals surface area contributed by atoms with Crippen LogP contribution < -0.4 is 4.90 Å². The van der Waals surface area contributed by atoms with Gasteiger partial charge in [-0.05, 0) is 36.8 Å². The largest absolute Gasteiger partial charge is 0.363 e. The lowest BCUT2D eigenvalue weighted by molar-refractivity contribution is 0.112. The maximum atomic E-state index is 10.7. The monoisotopic (exact) mass is 237 g/mol. The van der Waals surface area contributed by atoms with E-state index in [4.69, 9.17) is 0 Å². The molecular weight excluding hydrogens is 218 g/mol. The highest BCUT2D eigenvalue weighted by atomic mass is 32.1. The Morgan fingerprint density at radius 3 is 2.69 bits per heavy atom. The molecule has 1 aliphatic rings. The van der Waals surface area contributed by atoms with Gasteiger partial charge in [-0.3, -0.25) is 4.79 Å². The first-order valence-electron chi connectivity index (χ1n) is 6.03. The summed E-state index contributed by atoms with van der Waals surface area (Å²) in [6, 6.07) is 4.00. The van der Waals surface area contributed by atoms with Gasteiger partial charge in [0.2, 0.25) is 0 Å². The summed E-state index contributed by atoms with van der Waals surface area (Å²) in [5, 5.41) is 1.26. The lowest BCUT2D eigenvalue weighted by atomic mass is 9.82. The van der Waals surface area contributed by atoms with Crippen LogP contribution in [-0.2, 0) is 0 Å². The van der Waals surface area contributed by atoms with Crippen molar-refractivity contribution in [2.24, 2.45) is 5.41 Å². The summed E-state index contributed by atoms with van der Waals surface area (Å²) in [4.78, 5) is 13.9. The van der Waals surface area contributed by atoms with Crippen molar-refractivity contribution < 1.29 is 4.79 Å². The molecule has 1 aromatic rings. The third-order valence-electron chi connectivity index (χ3n) is 3.98. The van der Waals surface area contributed by atoms with Crippen molar-refractivity contribution >= 4 is 22.6 Å². The number of nitrogens with zero attached hydrogens (tertiary/aromatic N) is 1. The fourth-order valence-electron chi connectivity index (χ4n) is 2.53. The summed E-state index contributed by atoms with van der Waals surface area (Å²) < 4.78 is 0. The highest BCUT2D eigenvalue weighted by Gasteiger charge is 2.35. The van der Waals surface area contributed by atoms with Gasteiger partial charge in [-0.1, -0.05) is 13.8 Å². The van der Waals surface area contributed by atoms with E-state index < -0.39 is 0 Å². The highest BCUT2D eigenvalue weighted by Crippen LogP contribution is 2.40. The van der Waals surface area contributed by atoms with Crippen molar-refractivity contribution in [2.45, 2.75) is 33.1 Å². The summed E-state index contributed by atoms with van der Waals surface area (Å²) in [6.07, 6.45) is 4.74. The molecule has 0 aliphatic carbocycles. The molecule has 0 N–H and O–H groups in total. The van der Waals surface area contributed by atoms with Gasteiger partial charge in [-0.2, -0.15) is 0 Å². The van der Waals surface area contributed by atoms with Crippen molar-refractivity contribution in [1.29, 1.82) is 0 Å². The van der Waals surface area contributed by atoms with E-state index in [0.717, 1.165) is 24.3 Å². The molecule has 0 spiro atoms. The molecule has 0 amide bonds. The minimum absolute atomic E-state index is 0.505. The second-order valence-electron chi connectivity index (χ2n) is 4.67. The number of anilines is 1. The molecule has 0 bridgehead atoms. The molecule has 16 heavy (non-hydrogen) atoms. The molecule has 0 saturated carbocycles. The zero-order valence-corrected chi connectivity index (χ0v) is 10.8. The molecule has 2 heterocycles. The first-order valence-corrected chi connectivity index (χ1v) is 6.84. The Labute approximate surface area is 101 Å². The highest BCUT2D eigenvalue weighted by molar-refractivity contribution is 7.17. The quantitative estimate of drug-likeness (QED) is 0.746. The molecule has 2 nitrogen and oxygen atoms in total. The number of thiophene rings is 1. The lowest BCUT2D eigenvalue weighted by Gasteiger charge is -2.26. The Hall–Kier alpha value is -0.830. The van der Waals surface area contributed by atoms with E-state index in [1.807, 2.05) is 6.07 Å². The Bertz CT molecular complexity index is 368. The minimum atomic E-state index is 0.505. The molecule has 1 saturated heterocycles. The van der Waals surface area contributed by atoms with E-state index in [1.165, 1.54) is 24.3 Å². The maximum Gasteiger partial charge on any atom is 0.160 e. The van der Waals surface area contributed by atoms with Crippen LogP contribution in [0.15, 0.2) is 12.1 Å². The SMILES string of the molecule is CCC1(CC)CCN(c2ccc(C=O)s2)C1. The molecule has 1 fully saturated rings. The van der Waals surface area contributed by atoms with Crippen LogP contribution in [0.1, 0.15) is 42.8 Å². The summed E-state index contributed by atoms with van der Waals surface area (Å²) in [7, 11) is 0. The van der Waals surface area contributed by atoms with E-state index in [9.17, 15) is 4.79 Å². The second-order valence-corrected chi connectivity index (χ2v) is 5.77. The zero-order valence-electron chi connectivity index (χ0n) is 10.0. The molecule has 3 heteroatoms. The minimum Gasteiger partial charge on any atom is -0.363 e. The number of rotatable bonds is 4. The van der Waals surface area contributed by atoms with Crippen LogP contribution in [0.3, 0.4) is 0 Å². The number of aldehydes is 1. The summed E-state index contributed by atoms with van der Waals surface area (Å²) >= 11 is 1.61. The predicted molar refractivity (Wildman–Crippen MR) is 69.6 cm³/mol. The topological polar surface area (TPSA) is 20.3 Å². The van der Waals surface area contributed by atoms with E-state index in [0.29, 0.717) is 5.41 Å². The van der Waals surface area contributed by atoms with E-state index in [-0.39, 0.29) is 0 Å². The van der Waals surface area contributed by atoms with Gasteiger partial charge >= 0.3 is 0 Å². The number of hydrogen-bond donors (Lipinski definition) is 0. The first kappa shape index (κ1) is 11.6. The van der Waals surface area contributed by atoms with Gasteiger partial charge in [0.15, 0.2) is 6.29 Å². The fraction of sp³-hybridized carbons (Fsp3) is 0.615. The predicted octanol–water partition coefficient (Wildman–Crippen LogP) is 3.58. The molecular formula is C13H19NOS. The molecule has 88 valence electrons. The summed E-state index contributed by atoms with van der Waals surface area (Å²) in [5.74, 6) is 0. The molecule has 1 aromatic heterocycles. The third kappa shape index (κ3) is 2.01. The molecule has 0 atom stereocenters. The van der Waals surface area contributed by atoms with Crippen molar-refractivity contribution in [3.8, 4) is 0 Å². The Balaban J connectivity index is 2.11. The van der Waals surface area contributed by atoms with Gasteiger partial charge < -0.3 is 4.90 Å². The standard InChI is InChI=1S/C13H19NOS/c1-3-13(4-2)7-8-14(10-13)12-6-5-11(9-15)16-12/h5-6,9H,3-4,7-8,10H2,1-2H3. The van der Waals surface area contributed by atoms with Gasteiger partial charge in [0.1, 0.15) is 0 Å². The van der Waals surface area contributed by atoms with Crippen LogP contribution in [-0.4, -0.2) is 19.4 Å². The molecule has 0 aromatic carbocycles. The Kier molecular flexibility index (Phi) is 3.33. The maximum absolute atomic E-state index is 10.7. The number of hydrogen-bond acceptors (Lipinski definition) is 3. The van der Waals surface area contributed by atoms with Crippen LogP contribution >= 0.6 is 11.3 Å². The van der Waals surface area contributed by atoms with Crippen LogP contribution in [0.25, 0.3) is 0 Å². The van der Waals surface area contributed by atoms with Crippen LogP contribution in [0.4, 0.5) is 5.00 Å². The Morgan fingerprint density at radius 1 is 1.44 bits per heavy atom. The molecule has 1 aliphatic heterocycles. The van der Waals surface area contributed by atoms with Crippen LogP contribution in [0, 0.1) is 5.41 Å². The number of carbonyl (C=O) groups is 1. The second kappa shape index (κ2) is 4.58. The summed E-state index contributed by atoms with van der Waals surface area (Å²) in [5.41, 5.74) is 0.505. The van der Waals surface area contributed by atoms with Gasteiger partial charge in [0.05, 0.1) is 9.88 Å². The lowest BCUT2D eigenvalue weighted by Crippen LogP contribution is -2.25. The van der Waals surface area contributed by atoms with Gasteiger partial charge in [-0.25, -0.2) is 0 Å². The summed E-state index contributed by atoms with van der Waals surface area (Å²) in [6.45, 7) is 6.87. The van der Waals surface area contributed by atoms with Crippen molar-refractivity contribution in [2.75, 3.05) is 18.0 Å². The number of carbonyl (C=O) groups excluding carboxylic acids is 1. The van der Waals surface area contributed by atoms with Crippen LogP contribution in [0.5, 0.6) is 0 Å². The fourth-order valence-corrected chi connectivity index (χ4v) is 3.37. The van der Waals surface area contributed by atoms with Crippen molar-refractivity contribution in [1.82, 2.24) is 0 Å². The smallest absolute Gasteiger partial charge is 0.160 e. The van der Waals surface area contributed by atoms with Gasteiger partial charge in [-0.15, -0.1) is 11.3 Å². The van der Waals surface area contributed by atoms with E-state index >= 15 is 0 Å². The average Bonchev–Trinajstić information content (AvgIpc) is 2.96. The first-order chi connectivity index (χ1) is 7.73. The van der Waals surface area contributed by atoms with Gasteiger partial charge in [0, 0.05) is 13.1 Å². The normalized spacial score (nSPS) is 19.0. The molecule has 0 unspecified atom stereocenters. The van der Waals surface area contributed by atoms with E-state index in [2.05, 4.69) is 24.8 Å². The third-order valence-corrected chi connectivity index (χ3v) is 5.05. The zero-order chi connectivity index (χ0) is 11.6. The van der Waals surface area contributed by atoms with Crippen molar-refractivity contribution in [3.63, 3.8) is 0 Å². The van der Waals surface area contributed by atoms with Crippen LogP contribution in [0.2, 0.25) is 0 Å².